The Morgan fingerprint density at radius 1 is 1.08 bits per heavy atom. The van der Waals surface area contributed by atoms with Gasteiger partial charge in [0.1, 0.15) is 5.75 Å². The zero-order chi connectivity index (χ0) is 17.6. The molecule has 0 aromatic heterocycles. The summed E-state index contributed by atoms with van der Waals surface area (Å²) < 4.78 is 31.6. The van der Waals surface area contributed by atoms with Gasteiger partial charge >= 0.3 is 5.97 Å². The molecule has 0 bridgehead atoms. The molecule has 0 atom stereocenters. The summed E-state index contributed by atoms with van der Waals surface area (Å²) in [5.74, 6) is -0.451. The van der Waals surface area contributed by atoms with Gasteiger partial charge in [-0.3, -0.25) is 0 Å². The highest BCUT2D eigenvalue weighted by molar-refractivity contribution is 7.89. The maximum Gasteiger partial charge on any atom is 0.338 e. The summed E-state index contributed by atoms with van der Waals surface area (Å²) in [6, 6.07) is 12.3. The molecule has 0 unspecified atom stereocenters. The SMILES string of the molecule is Cc1ccc(S(=O)(=O)NCCCOC(=O)c2ccc(O)cc2)cc1. The van der Waals surface area contributed by atoms with Crippen molar-refractivity contribution in [3.63, 3.8) is 0 Å². The second-order valence-electron chi connectivity index (χ2n) is 5.25. The molecule has 0 saturated heterocycles. The molecule has 128 valence electrons. The van der Waals surface area contributed by atoms with E-state index in [1.54, 1.807) is 24.3 Å². The van der Waals surface area contributed by atoms with Gasteiger partial charge in [-0.05, 0) is 49.7 Å². The van der Waals surface area contributed by atoms with E-state index in [0.29, 0.717) is 12.0 Å². The number of rotatable bonds is 7. The summed E-state index contributed by atoms with van der Waals surface area (Å²) in [6.07, 6.45) is 0.356. The quantitative estimate of drug-likeness (QED) is 0.591. The molecule has 0 heterocycles. The third-order valence-electron chi connectivity index (χ3n) is 3.28. The molecule has 2 aromatic rings. The zero-order valence-corrected chi connectivity index (χ0v) is 14.0. The Labute approximate surface area is 141 Å². The second-order valence-corrected chi connectivity index (χ2v) is 7.01. The molecule has 0 aliphatic carbocycles. The van der Waals surface area contributed by atoms with E-state index in [4.69, 9.17) is 9.84 Å². The molecule has 0 aliphatic heterocycles. The van der Waals surface area contributed by atoms with Gasteiger partial charge in [-0.2, -0.15) is 0 Å². The van der Waals surface area contributed by atoms with Gasteiger partial charge in [0.15, 0.2) is 0 Å². The van der Waals surface area contributed by atoms with Crippen molar-refractivity contribution in [3.8, 4) is 5.75 Å². The van der Waals surface area contributed by atoms with E-state index in [1.807, 2.05) is 6.92 Å². The van der Waals surface area contributed by atoms with Gasteiger partial charge < -0.3 is 9.84 Å². The first-order valence-electron chi connectivity index (χ1n) is 7.41. The van der Waals surface area contributed by atoms with Crippen LogP contribution in [0.5, 0.6) is 5.75 Å². The Balaban J connectivity index is 1.75. The first-order valence-corrected chi connectivity index (χ1v) is 8.89. The summed E-state index contributed by atoms with van der Waals surface area (Å²) in [4.78, 5) is 11.9. The molecule has 0 aliphatic rings. The van der Waals surface area contributed by atoms with Crippen molar-refractivity contribution in [2.24, 2.45) is 0 Å². The molecule has 2 aromatic carbocycles. The van der Waals surface area contributed by atoms with Crippen LogP contribution in [0.3, 0.4) is 0 Å². The Hall–Kier alpha value is -2.38. The molecular formula is C17H19NO5S. The Morgan fingerprint density at radius 3 is 2.33 bits per heavy atom. The van der Waals surface area contributed by atoms with Crippen molar-refractivity contribution < 1.29 is 23.1 Å². The maximum absolute atomic E-state index is 12.1. The summed E-state index contributed by atoms with van der Waals surface area (Å²) in [7, 11) is -3.55. The molecule has 0 fully saturated rings. The number of ether oxygens (including phenoxy) is 1. The second kappa shape index (κ2) is 7.94. The smallest absolute Gasteiger partial charge is 0.338 e. The molecule has 2 N–H and O–H groups in total. The van der Waals surface area contributed by atoms with Crippen LogP contribution in [0.4, 0.5) is 0 Å². The van der Waals surface area contributed by atoms with Crippen LogP contribution in [0.25, 0.3) is 0 Å². The summed E-state index contributed by atoms with van der Waals surface area (Å²) in [6.45, 7) is 2.14. The topological polar surface area (TPSA) is 92.7 Å². The van der Waals surface area contributed by atoms with Crippen molar-refractivity contribution in [1.29, 1.82) is 0 Å². The van der Waals surface area contributed by atoms with Gasteiger partial charge in [0.25, 0.3) is 0 Å². The summed E-state index contributed by atoms with van der Waals surface area (Å²) in [5, 5.41) is 9.15. The van der Waals surface area contributed by atoms with Crippen LogP contribution >= 0.6 is 0 Å². The molecule has 2 rings (SSSR count). The lowest BCUT2D eigenvalue weighted by Crippen LogP contribution is -2.25. The van der Waals surface area contributed by atoms with Crippen molar-refractivity contribution in [2.75, 3.05) is 13.2 Å². The average Bonchev–Trinajstić information content (AvgIpc) is 2.55. The van der Waals surface area contributed by atoms with E-state index in [-0.39, 0.29) is 23.8 Å². The fourth-order valence-corrected chi connectivity index (χ4v) is 3.00. The van der Waals surface area contributed by atoms with Gasteiger partial charge in [-0.25, -0.2) is 17.9 Å². The lowest BCUT2D eigenvalue weighted by atomic mass is 10.2. The number of hydrogen-bond donors (Lipinski definition) is 2. The number of hydrogen-bond acceptors (Lipinski definition) is 5. The van der Waals surface area contributed by atoms with Crippen LogP contribution in [0.2, 0.25) is 0 Å². The molecular weight excluding hydrogens is 330 g/mol. The Kier molecular flexibility index (Phi) is 5.94. The summed E-state index contributed by atoms with van der Waals surface area (Å²) >= 11 is 0. The van der Waals surface area contributed by atoms with Crippen molar-refractivity contribution in [1.82, 2.24) is 4.72 Å². The third kappa shape index (κ3) is 5.07. The number of carbonyl (C=O) groups is 1. The highest BCUT2D eigenvalue weighted by Gasteiger charge is 2.13. The molecule has 6 nitrogen and oxygen atoms in total. The number of nitrogens with one attached hydrogen (secondary N) is 1. The predicted molar refractivity (Wildman–Crippen MR) is 89.4 cm³/mol. The van der Waals surface area contributed by atoms with E-state index in [0.717, 1.165) is 5.56 Å². The zero-order valence-electron chi connectivity index (χ0n) is 13.2. The first kappa shape index (κ1) is 18.0. The number of benzene rings is 2. The monoisotopic (exact) mass is 349 g/mol. The fourth-order valence-electron chi connectivity index (χ4n) is 1.93. The number of phenolic OH excluding ortho intramolecular Hbond substituents is 1. The van der Waals surface area contributed by atoms with Crippen LogP contribution in [0, 0.1) is 6.92 Å². The van der Waals surface area contributed by atoms with E-state index in [9.17, 15) is 13.2 Å². The van der Waals surface area contributed by atoms with Crippen LogP contribution < -0.4 is 4.72 Å². The van der Waals surface area contributed by atoms with Crippen LogP contribution in [0.15, 0.2) is 53.4 Å². The Morgan fingerprint density at radius 2 is 1.71 bits per heavy atom. The Bertz CT molecular complexity index is 783. The number of aryl methyl sites for hydroxylation is 1. The maximum atomic E-state index is 12.1. The predicted octanol–water partition coefficient (Wildman–Crippen LogP) is 2.23. The van der Waals surface area contributed by atoms with Crippen LogP contribution in [0.1, 0.15) is 22.3 Å². The minimum absolute atomic E-state index is 0.0667. The highest BCUT2D eigenvalue weighted by atomic mass is 32.2. The molecule has 0 spiro atoms. The molecule has 7 heteroatoms. The largest absolute Gasteiger partial charge is 0.508 e. The molecule has 0 radical (unpaired) electrons. The van der Waals surface area contributed by atoms with Gasteiger partial charge in [-0.15, -0.1) is 0 Å². The fraction of sp³-hybridized carbons (Fsp3) is 0.235. The van der Waals surface area contributed by atoms with Gasteiger partial charge in [0.2, 0.25) is 10.0 Å². The van der Waals surface area contributed by atoms with Crippen molar-refractivity contribution in [3.05, 3.63) is 59.7 Å². The lowest BCUT2D eigenvalue weighted by molar-refractivity contribution is 0.0502. The summed E-state index contributed by atoms with van der Waals surface area (Å²) in [5.41, 5.74) is 1.31. The van der Waals surface area contributed by atoms with Gasteiger partial charge in [0.05, 0.1) is 17.1 Å². The average molecular weight is 349 g/mol. The normalized spacial score (nSPS) is 11.2. The van der Waals surface area contributed by atoms with E-state index in [1.165, 1.54) is 24.3 Å². The van der Waals surface area contributed by atoms with Crippen molar-refractivity contribution in [2.45, 2.75) is 18.2 Å². The van der Waals surface area contributed by atoms with Crippen LogP contribution in [-0.2, 0) is 14.8 Å². The van der Waals surface area contributed by atoms with E-state index >= 15 is 0 Å². The molecule has 0 amide bonds. The van der Waals surface area contributed by atoms with Gasteiger partial charge in [0, 0.05) is 6.54 Å². The molecule has 0 saturated carbocycles. The van der Waals surface area contributed by atoms with E-state index in [2.05, 4.69) is 4.72 Å². The number of esters is 1. The number of carbonyl (C=O) groups excluding carboxylic acids is 1. The minimum atomic E-state index is -3.55. The lowest BCUT2D eigenvalue weighted by Gasteiger charge is -2.08. The standard InChI is InChI=1S/C17H19NO5S/c1-13-3-9-16(10-4-13)24(21,22)18-11-2-12-23-17(20)14-5-7-15(19)8-6-14/h3-10,18-19H,2,11-12H2,1H3. The van der Waals surface area contributed by atoms with Crippen molar-refractivity contribution >= 4 is 16.0 Å². The third-order valence-corrected chi connectivity index (χ3v) is 4.76. The van der Waals surface area contributed by atoms with Gasteiger partial charge in [-0.1, -0.05) is 17.7 Å². The number of phenols is 1. The molecule has 24 heavy (non-hydrogen) atoms. The first-order chi connectivity index (χ1) is 11.4. The highest BCUT2D eigenvalue weighted by Crippen LogP contribution is 2.11. The minimum Gasteiger partial charge on any atom is -0.508 e. The number of sulfonamides is 1. The van der Waals surface area contributed by atoms with Crippen LogP contribution in [-0.4, -0.2) is 32.6 Å². The van der Waals surface area contributed by atoms with E-state index < -0.39 is 16.0 Å². The number of aromatic hydroxyl groups is 1.